The second-order valence-electron chi connectivity index (χ2n) is 5.90. The molecule has 0 saturated carbocycles. The first kappa shape index (κ1) is 19.5. The Labute approximate surface area is 168 Å². The fraction of sp³-hybridized carbons (Fsp3) is 0.143. The van der Waals surface area contributed by atoms with Crippen LogP contribution in [0.2, 0.25) is 5.02 Å². The van der Waals surface area contributed by atoms with Crippen LogP contribution < -0.4 is 20.1 Å². The van der Waals surface area contributed by atoms with Crippen molar-refractivity contribution in [3.63, 3.8) is 0 Å². The molecule has 1 heterocycles. The minimum atomic E-state index is -0.260. The molecule has 0 fully saturated rings. The highest BCUT2D eigenvalue weighted by molar-refractivity contribution is 6.32. The zero-order valence-electron chi connectivity index (χ0n) is 15.5. The fourth-order valence-corrected chi connectivity index (χ4v) is 2.91. The van der Waals surface area contributed by atoms with E-state index in [4.69, 9.17) is 21.1 Å². The summed E-state index contributed by atoms with van der Waals surface area (Å²) < 4.78 is 10.5. The predicted molar refractivity (Wildman–Crippen MR) is 111 cm³/mol. The molecule has 7 heteroatoms. The molecule has 6 nitrogen and oxygen atoms in total. The van der Waals surface area contributed by atoms with E-state index < -0.39 is 0 Å². The van der Waals surface area contributed by atoms with Crippen molar-refractivity contribution in [1.82, 2.24) is 4.98 Å². The highest BCUT2D eigenvalue weighted by Crippen LogP contribution is 2.27. The summed E-state index contributed by atoms with van der Waals surface area (Å²) in [5.41, 5.74) is 2.05. The maximum atomic E-state index is 12.5. The average molecular weight is 398 g/mol. The van der Waals surface area contributed by atoms with Crippen LogP contribution in [0, 0.1) is 0 Å². The van der Waals surface area contributed by atoms with Crippen molar-refractivity contribution in [3.8, 4) is 11.5 Å². The number of aromatic nitrogens is 1. The number of rotatable bonds is 7. The van der Waals surface area contributed by atoms with Crippen LogP contribution in [0.15, 0.2) is 60.8 Å². The highest BCUT2D eigenvalue weighted by Gasteiger charge is 2.10. The van der Waals surface area contributed by atoms with E-state index in [0.29, 0.717) is 34.4 Å². The Morgan fingerprint density at radius 1 is 1.04 bits per heavy atom. The van der Waals surface area contributed by atoms with Crippen molar-refractivity contribution in [2.24, 2.45) is 0 Å². The summed E-state index contributed by atoms with van der Waals surface area (Å²) in [4.78, 5) is 16.8. The third-order valence-corrected chi connectivity index (χ3v) is 4.38. The van der Waals surface area contributed by atoms with E-state index in [1.54, 1.807) is 43.6 Å². The number of pyridine rings is 1. The summed E-state index contributed by atoms with van der Waals surface area (Å²) in [6, 6.07) is 16.1. The molecule has 0 spiro atoms. The number of benzene rings is 2. The smallest absolute Gasteiger partial charge is 0.255 e. The Morgan fingerprint density at radius 2 is 1.82 bits per heavy atom. The maximum Gasteiger partial charge on any atom is 0.255 e. The number of amides is 1. The van der Waals surface area contributed by atoms with Crippen LogP contribution in [0.5, 0.6) is 11.5 Å². The van der Waals surface area contributed by atoms with Crippen LogP contribution in [0.1, 0.15) is 15.9 Å². The number of methoxy groups -OCH3 is 2. The van der Waals surface area contributed by atoms with Gasteiger partial charge in [0.1, 0.15) is 17.3 Å². The fourth-order valence-electron chi connectivity index (χ4n) is 2.65. The largest absolute Gasteiger partial charge is 0.496 e. The molecule has 1 aromatic heterocycles. The summed E-state index contributed by atoms with van der Waals surface area (Å²) >= 11 is 6.10. The molecule has 0 aliphatic heterocycles. The number of halogens is 1. The molecule has 0 atom stereocenters. The van der Waals surface area contributed by atoms with Crippen LogP contribution >= 0.6 is 11.6 Å². The Bertz CT molecular complexity index is 979. The average Bonchev–Trinajstić information content (AvgIpc) is 2.73. The number of hydrogen-bond acceptors (Lipinski definition) is 5. The zero-order chi connectivity index (χ0) is 19.9. The van der Waals surface area contributed by atoms with Crippen molar-refractivity contribution in [2.45, 2.75) is 6.54 Å². The van der Waals surface area contributed by atoms with Gasteiger partial charge in [-0.1, -0.05) is 29.8 Å². The van der Waals surface area contributed by atoms with Gasteiger partial charge in [0.05, 0.1) is 19.2 Å². The minimum Gasteiger partial charge on any atom is -0.496 e. The predicted octanol–water partition coefficient (Wildman–Crippen LogP) is 4.62. The monoisotopic (exact) mass is 397 g/mol. The Hall–Kier alpha value is -3.25. The maximum absolute atomic E-state index is 12.5. The van der Waals surface area contributed by atoms with Crippen LogP contribution in [0.4, 0.5) is 11.5 Å². The van der Waals surface area contributed by atoms with Crippen LogP contribution in [0.25, 0.3) is 0 Å². The van der Waals surface area contributed by atoms with Crippen LogP contribution in [-0.4, -0.2) is 25.1 Å². The van der Waals surface area contributed by atoms with Crippen molar-refractivity contribution in [3.05, 3.63) is 76.9 Å². The molecule has 0 saturated heterocycles. The molecule has 1 amide bonds. The van der Waals surface area contributed by atoms with E-state index in [0.717, 1.165) is 11.3 Å². The summed E-state index contributed by atoms with van der Waals surface area (Å²) in [6.07, 6.45) is 1.58. The van der Waals surface area contributed by atoms with Gasteiger partial charge < -0.3 is 20.1 Å². The summed E-state index contributed by atoms with van der Waals surface area (Å²) in [6.45, 7) is 0.524. The van der Waals surface area contributed by atoms with Gasteiger partial charge in [-0.15, -0.1) is 0 Å². The standard InChI is InChI=1S/C21H20ClN3O3/c1-27-18-6-4-3-5-15(18)13-24-20-11-14(9-10-23-20)21(26)25-16-7-8-19(28-2)17(22)12-16/h3-12H,13H2,1-2H3,(H,23,24)(H,25,26). The van der Waals surface area contributed by atoms with E-state index in [2.05, 4.69) is 15.6 Å². The van der Waals surface area contributed by atoms with Gasteiger partial charge >= 0.3 is 0 Å². The number of nitrogens with one attached hydrogen (secondary N) is 2. The minimum absolute atomic E-state index is 0.260. The molecule has 0 aliphatic carbocycles. The second-order valence-corrected chi connectivity index (χ2v) is 6.31. The molecule has 144 valence electrons. The van der Waals surface area contributed by atoms with E-state index in [1.165, 1.54) is 7.11 Å². The third-order valence-electron chi connectivity index (χ3n) is 4.08. The molecule has 2 aromatic carbocycles. The molecule has 0 aliphatic rings. The number of ether oxygens (including phenoxy) is 2. The van der Waals surface area contributed by atoms with E-state index in [9.17, 15) is 4.79 Å². The lowest BCUT2D eigenvalue weighted by molar-refractivity contribution is 0.102. The van der Waals surface area contributed by atoms with Gasteiger partial charge in [0.25, 0.3) is 5.91 Å². The Balaban J connectivity index is 1.68. The molecule has 0 bridgehead atoms. The summed E-state index contributed by atoms with van der Waals surface area (Å²) in [7, 11) is 3.17. The Kier molecular flexibility index (Phi) is 6.34. The van der Waals surface area contributed by atoms with Gasteiger partial charge in [-0.05, 0) is 36.4 Å². The number of para-hydroxylation sites is 1. The van der Waals surface area contributed by atoms with Gasteiger partial charge in [0.2, 0.25) is 0 Å². The lowest BCUT2D eigenvalue weighted by atomic mass is 10.2. The first-order valence-electron chi connectivity index (χ1n) is 8.57. The summed E-state index contributed by atoms with van der Waals surface area (Å²) in [5.74, 6) is 1.67. The van der Waals surface area contributed by atoms with E-state index in [-0.39, 0.29) is 5.91 Å². The van der Waals surface area contributed by atoms with Crippen molar-refractivity contribution in [2.75, 3.05) is 24.9 Å². The van der Waals surface area contributed by atoms with Crippen molar-refractivity contribution in [1.29, 1.82) is 0 Å². The third kappa shape index (κ3) is 4.72. The number of nitrogens with zero attached hydrogens (tertiary/aromatic N) is 1. The summed E-state index contributed by atoms with van der Waals surface area (Å²) in [5, 5.41) is 6.45. The van der Waals surface area contributed by atoms with Gasteiger partial charge in [0.15, 0.2) is 0 Å². The molecule has 0 unspecified atom stereocenters. The van der Waals surface area contributed by atoms with E-state index >= 15 is 0 Å². The first-order valence-corrected chi connectivity index (χ1v) is 8.95. The van der Waals surface area contributed by atoms with E-state index in [1.807, 2.05) is 24.3 Å². The SMILES string of the molecule is COc1ccc(NC(=O)c2ccnc(NCc3ccccc3OC)c2)cc1Cl. The highest BCUT2D eigenvalue weighted by atomic mass is 35.5. The number of anilines is 2. The zero-order valence-corrected chi connectivity index (χ0v) is 16.3. The number of hydrogen-bond donors (Lipinski definition) is 2. The normalized spacial score (nSPS) is 10.2. The van der Waals surface area contributed by atoms with Gasteiger partial charge in [-0.2, -0.15) is 0 Å². The molecule has 3 aromatic rings. The van der Waals surface area contributed by atoms with Gasteiger partial charge in [-0.25, -0.2) is 4.98 Å². The molecule has 3 rings (SSSR count). The molecule has 2 N–H and O–H groups in total. The quantitative estimate of drug-likeness (QED) is 0.608. The van der Waals surface area contributed by atoms with Crippen molar-refractivity contribution < 1.29 is 14.3 Å². The number of carbonyl (C=O) groups excluding carboxylic acids is 1. The second kappa shape index (κ2) is 9.10. The van der Waals surface area contributed by atoms with Gasteiger partial charge in [0, 0.05) is 29.6 Å². The lowest BCUT2D eigenvalue weighted by Crippen LogP contribution is -2.13. The van der Waals surface area contributed by atoms with Crippen LogP contribution in [0.3, 0.4) is 0 Å². The first-order chi connectivity index (χ1) is 13.6. The van der Waals surface area contributed by atoms with Gasteiger partial charge in [-0.3, -0.25) is 4.79 Å². The molecular formula is C21H20ClN3O3. The lowest BCUT2D eigenvalue weighted by Gasteiger charge is -2.11. The van der Waals surface area contributed by atoms with Crippen molar-refractivity contribution >= 4 is 29.0 Å². The molecule has 0 radical (unpaired) electrons. The molecule has 28 heavy (non-hydrogen) atoms. The number of carbonyl (C=O) groups is 1. The Morgan fingerprint density at radius 3 is 2.57 bits per heavy atom. The topological polar surface area (TPSA) is 72.5 Å². The molecular weight excluding hydrogens is 378 g/mol. The van der Waals surface area contributed by atoms with Crippen LogP contribution in [-0.2, 0) is 6.54 Å².